The van der Waals surface area contributed by atoms with Crippen molar-refractivity contribution in [3.05, 3.63) is 35.4 Å². The molecule has 0 saturated heterocycles. The van der Waals surface area contributed by atoms with E-state index in [9.17, 15) is 18.0 Å². The average molecular weight is 304 g/mol. The van der Waals surface area contributed by atoms with Crippen LogP contribution >= 0.6 is 12.2 Å². The van der Waals surface area contributed by atoms with Crippen molar-refractivity contribution in [2.45, 2.75) is 26.1 Å². The smallest absolute Gasteiger partial charge is 0.389 e. The molecule has 2 N–H and O–H groups in total. The third-order valence-corrected chi connectivity index (χ3v) is 2.86. The van der Waals surface area contributed by atoms with Gasteiger partial charge in [-0.3, -0.25) is 4.79 Å². The van der Waals surface area contributed by atoms with Crippen LogP contribution in [0.5, 0.6) is 0 Å². The molecule has 1 aromatic rings. The molecule has 1 rings (SSSR count). The molecule has 0 atom stereocenters. The van der Waals surface area contributed by atoms with Gasteiger partial charge in [0, 0.05) is 17.2 Å². The molecular weight excluding hydrogens is 289 g/mol. The Kier molecular flexibility index (Phi) is 5.10. The van der Waals surface area contributed by atoms with E-state index in [0.29, 0.717) is 5.56 Å². The van der Waals surface area contributed by atoms with Crippen molar-refractivity contribution < 1.29 is 18.0 Å². The third-order valence-electron chi connectivity index (χ3n) is 2.63. The van der Waals surface area contributed by atoms with Crippen molar-refractivity contribution in [2.24, 2.45) is 5.73 Å². The van der Waals surface area contributed by atoms with Gasteiger partial charge < -0.3 is 10.6 Å². The van der Waals surface area contributed by atoms with Crippen LogP contribution in [0.15, 0.2) is 24.3 Å². The number of carbonyl (C=O) groups is 1. The highest BCUT2D eigenvalue weighted by atomic mass is 32.1. The van der Waals surface area contributed by atoms with Crippen LogP contribution in [0.2, 0.25) is 0 Å². The summed E-state index contributed by atoms with van der Waals surface area (Å²) in [6.45, 7) is 1.77. The van der Waals surface area contributed by atoms with E-state index in [1.807, 2.05) is 0 Å². The Hall–Kier alpha value is -1.63. The molecule has 1 amide bonds. The topological polar surface area (TPSA) is 46.3 Å². The molecule has 0 aliphatic heterocycles. The van der Waals surface area contributed by atoms with Crippen molar-refractivity contribution in [3.63, 3.8) is 0 Å². The van der Waals surface area contributed by atoms with Gasteiger partial charge in [-0.1, -0.05) is 24.4 Å². The summed E-state index contributed by atoms with van der Waals surface area (Å²) in [5, 5.41) is 0. The van der Waals surface area contributed by atoms with Gasteiger partial charge in [-0.2, -0.15) is 13.2 Å². The van der Waals surface area contributed by atoms with Gasteiger partial charge in [-0.15, -0.1) is 0 Å². The summed E-state index contributed by atoms with van der Waals surface area (Å²) in [6.07, 6.45) is -4.44. The fraction of sp³-hybridized carbons (Fsp3) is 0.385. The third kappa shape index (κ3) is 4.48. The monoisotopic (exact) mass is 304 g/mol. The van der Waals surface area contributed by atoms with E-state index in [0.717, 1.165) is 4.90 Å². The van der Waals surface area contributed by atoms with Gasteiger partial charge >= 0.3 is 6.18 Å². The number of rotatable bonds is 4. The highest BCUT2D eigenvalue weighted by Crippen LogP contribution is 2.20. The van der Waals surface area contributed by atoms with Crippen molar-refractivity contribution in [1.82, 2.24) is 4.90 Å². The molecule has 0 aliphatic carbocycles. The average Bonchev–Trinajstić information content (AvgIpc) is 2.34. The van der Waals surface area contributed by atoms with Crippen LogP contribution in [0.3, 0.4) is 0 Å². The van der Waals surface area contributed by atoms with E-state index in [2.05, 4.69) is 0 Å². The molecule has 0 heterocycles. The summed E-state index contributed by atoms with van der Waals surface area (Å²) in [6, 6.07) is 5.40. The maximum Gasteiger partial charge on any atom is 0.406 e. The second-order valence-corrected chi connectivity index (χ2v) is 5.03. The van der Waals surface area contributed by atoms with E-state index in [4.69, 9.17) is 18.0 Å². The van der Waals surface area contributed by atoms with Crippen molar-refractivity contribution in [1.29, 1.82) is 0 Å². The SMILES string of the molecule is CC(C)N(CC(F)(F)F)C(=O)c1cccc(C(N)=S)c1. The summed E-state index contributed by atoms with van der Waals surface area (Å²) in [5.41, 5.74) is 6.03. The zero-order chi connectivity index (χ0) is 15.5. The number of amides is 1. The number of halogens is 3. The van der Waals surface area contributed by atoms with Gasteiger partial charge in [0.05, 0.1) is 0 Å². The molecule has 0 saturated carbocycles. The molecule has 3 nitrogen and oxygen atoms in total. The lowest BCUT2D eigenvalue weighted by molar-refractivity contribution is -0.143. The fourth-order valence-electron chi connectivity index (χ4n) is 1.65. The first-order valence-corrected chi connectivity index (χ1v) is 6.30. The Balaban J connectivity index is 3.06. The molecule has 0 fully saturated rings. The highest BCUT2D eigenvalue weighted by Gasteiger charge is 2.34. The minimum atomic E-state index is -4.44. The number of hydrogen-bond donors (Lipinski definition) is 1. The van der Waals surface area contributed by atoms with E-state index < -0.39 is 24.7 Å². The molecule has 0 spiro atoms. The van der Waals surface area contributed by atoms with Crippen molar-refractivity contribution in [3.8, 4) is 0 Å². The van der Waals surface area contributed by atoms with Crippen molar-refractivity contribution >= 4 is 23.1 Å². The predicted molar refractivity (Wildman–Crippen MR) is 74.6 cm³/mol. The Labute approximate surface area is 120 Å². The van der Waals surface area contributed by atoms with Gasteiger partial charge in [0.1, 0.15) is 11.5 Å². The molecule has 7 heteroatoms. The molecule has 0 radical (unpaired) electrons. The van der Waals surface area contributed by atoms with Gasteiger partial charge in [-0.25, -0.2) is 0 Å². The summed E-state index contributed by atoms with van der Waals surface area (Å²) in [5.74, 6) is -0.699. The first-order valence-electron chi connectivity index (χ1n) is 5.89. The summed E-state index contributed by atoms with van der Waals surface area (Å²) in [7, 11) is 0. The lowest BCUT2D eigenvalue weighted by Gasteiger charge is -2.27. The van der Waals surface area contributed by atoms with E-state index in [1.54, 1.807) is 6.07 Å². The molecule has 0 aliphatic rings. The molecule has 20 heavy (non-hydrogen) atoms. The Morgan fingerprint density at radius 2 is 1.90 bits per heavy atom. The number of thiocarbonyl (C=S) groups is 1. The van der Waals surface area contributed by atoms with Crippen LogP contribution in [-0.2, 0) is 0 Å². The number of hydrogen-bond acceptors (Lipinski definition) is 2. The van der Waals surface area contributed by atoms with Gasteiger partial charge in [-0.05, 0) is 26.0 Å². The largest absolute Gasteiger partial charge is 0.406 e. The Bertz CT molecular complexity index is 515. The van der Waals surface area contributed by atoms with Crippen LogP contribution in [0.1, 0.15) is 29.8 Å². The van der Waals surface area contributed by atoms with Crippen LogP contribution in [-0.4, -0.2) is 34.6 Å². The normalized spacial score (nSPS) is 11.5. The number of nitrogens with zero attached hydrogens (tertiary/aromatic N) is 1. The molecule has 0 aromatic heterocycles. The summed E-state index contributed by atoms with van der Waals surface area (Å²) >= 11 is 4.79. The lowest BCUT2D eigenvalue weighted by Crippen LogP contribution is -2.43. The van der Waals surface area contributed by atoms with Gasteiger partial charge in [0.15, 0.2) is 0 Å². The van der Waals surface area contributed by atoms with Gasteiger partial charge in [0.2, 0.25) is 0 Å². The maximum absolute atomic E-state index is 12.5. The van der Waals surface area contributed by atoms with Crippen LogP contribution in [0.25, 0.3) is 0 Å². The first-order chi connectivity index (χ1) is 9.11. The lowest BCUT2D eigenvalue weighted by atomic mass is 10.1. The van der Waals surface area contributed by atoms with Gasteiger partial charge in [0.25, 0.3) is 5.91 Å². The first kappa shape index (κ1) is 16.4. The minimum Gasteiger partial charge on any atom is -0.389 e. The van der Waals surface area contributed by atoms with E-state index in [1.165, 1.54) is 32.0 Å². The Morgan fingerprint density at radius 3 is 2.35 bits per heavy atom. The fourth-order valence-corrected chi connectivity index (χ4v) is 1.78. The van der Waals surface area contributed by atoms with E-state index in [-0.39, 0.29) is 10.6 Å². The second kappa shape index (κ2) is 6.21. The minimum absolute atomic E-state index is 0.0894. The molecule has 0 unspecified atom stereocenters. The van der Waals surface area contributed by atoms with Crippen molar-refractivity contribution in [2.75, 3.05) is 6.54 Å². The van der Waals surface area contributed by atoms with Crippen LogP contribution in [0.4, 0.5) is 13.2 Å². The molecule has 0 bridgehead atoms. The van der Waals surface area contributed by atoms with E-state index >= 15 is 0 Å². The highest BCUT2D eigenvalue weighted by molar-refractivity contribution is 7.80. The summed E-state index contributed by atoms with van der Waals surface area (Å²) in [4.78, 5) is 13.0. The summed E-state index contributed by atoms with van der Waals surface area (Å²) < 4.78 is 37.5. The number of carbonyl (C=O) groups excluding carboxylic acids is 1. The zero-order valence-electron chi connectivity index (χ0n) is 11.1. The molecule has 1 aromatic carbocycles. The standard InChI is InChI=1S/C13H15F3N2OS/c1-8(2)18(7-13(14,15)16)12(19)10-5-3-4-9(6-10)11(17)20/h3-6,8H,7H2,1-2H3,(H2,17,20). The van der Waals surface area contributed by atoms with Crippen LogP contribution < -0.4 is 5.73 Å². The number of nitrogens with two attached hydrogens (primary N) is 1. The van der Waals surface area contributed by atoms with Crippen LogP contribution in [0, 0.1) is 0 Å². The predicted octanol–water partition coefficient (Wildman–Crippen LogP) is 2.73. The zero-order valence-corrected chi connectivity index (χ0v) is 11.9. The second-order valence-electron chi connectivity index (χ2n) is 4.59. The molecular formula is C13H15F3N2OS. The quantitative estimate of drug-likeness (QED) is 0.870. The number of benzene rings is 1. The molecule has 110 valence electrons. The number of alkyl halides is 3. The Morgan fingerprint density at radius 1 is 1.35 bits per heavy atom. The maximum atomic E-state index is 12.5.